The monoisotopic (exact) mass is 950 g/mol. The van der Waals surface area contributed by atoms with Gasteiger partial charge in [-0.15, -0.1) is 6.42 Å². The van der Waals surface area contributed by atoms with E-state index in [0.29, 0.717) is 72.5 Å². The Hall–Kier alpha value is -4.92. The molecule has 2 aliphatic heterocycles. The number of amides is 1. The van der Waals surface area contributed by atoms with Crippen LogP contribution < -0.4 is 15.5 Å². The number of carbonyl (C=O) groups is 1. The predicted molar refractivity (Wildman–Crippen MR) is 235 cm³/mol. The van der Waals surface area contributed by atoms with Crippen molar-refractivity contribution in [3.63, 3.8) is 0 Å². The summed E-state index contributed by atoms with van der Waals surface area (Å²) >= 11 is 0.488. The Morgan fingerprint density at radius 1 is 0.828 bits per heavy atom. The predicted octanol–water partition coefficient (Wildman–Crippen LogP) is 5.44. The summed E-state index contributed by atoms with van der Waals surface area (Å²) in [5, 5.41) is 17.9. The Morgan fingerprint density at radius 2 is 1.48 bits per heavy atom. The van der Waals surface area contributed by atoms with Crippen LogP contribution in [0.4, 0.5) is 11.4 Å². The Labute approximate surface area is 376 Å². The van der Waals surface area contributed by atoms with Gasteiger partial charge in [0.15, 0.2) is 5.71 Å². The van der Waals surface area contributed by atoms with E-state index in [1.165, 1.54) is 12.1 Å². The van der Waals surface area contributed by atoms with Gasteiger partial charge in [-0.05, 0) is 97.8 Å². The first kappa shape index (κ1) is 48.5. The molecule has 64 heavy (non-hydrogen) atoms. The molecule has 340 valence electrons. The van der Waals surface area contributed by atoms with Crippen LogP contribution in [0.2, 0.25) is 0 Å². The Bertz CT molecular complexity index is 3080. The van der Waals surface area contributed by atoms with Crippen molar-refractivity contribution in [1.82, 2.24) is 5.32 Å². The average Bonchev–Trinajstić information content (AvgIpc) is 3.58. The summed E-state index contributed by atoms with van der Waals surface area (Å²) in [6.45, 7) is 10.7. The number of nitrogens with zero attached hydrogens (tertiary/aromatic N) is 2. The van der Waals surface area contributed by atoms with Crippen molar-refractivity contribution in [3.05, 3.63) is 95.7 Å². The van der Waals surface area contributed by atoms with Crippen molar-refractivity contribution in [2.75, 3.05) is 24.5 Å². The van der Waals surface area contributed by atoms with E-state index >= 15 is 0 Å². The maximum atomic E-state index is 12.4. The number of anilines is 1. The number of hydrogen-bond donors (Lipinski definition) is 1. The van der Waals surface area contributed by atoms with Gasteiger partial charge >= 0.3 is 0 Å². The number of unbranched alkanes of at least 4 members (excludes halogenated alkanes) is 2. The first-order valence-corrected chi connectivity index (χ1v) is 24.9. The van der Waals surface area contributed by atoms with E-state index in [4.69, 9.17) is 6.42 Å². The molecule has 0 spiro atoms. The number of benzene rings is 4. The molecular weight excluding hydrogens is 907 g/mol. The number of fused-ring (bicyclic) bond motifs is 6. The maximum absolute atomic E-state index is 12.4. The molecule has 0 aromatic heterocycles. The Morgan fingerprint density at radius 3 is 2.11 bits per heavy atom. The van der Waals surface area contributed by atoms with Gasteiger partial charge < -0.3 is 29.1 Å². The summed E-state index contributed by atoms with van der Waals surface area (Å²) < 4.78 is 117. The number of likely N-dealkylation sites (N-methyl/N-ethyl adjacent to an activating group) is 1. The number of allylic oxidation sites excluding steroid dienone is 6. The second kappa shape index (κ2) is 18.5. The fourth-order valence-electron chi connectivity index (χ4n) is 8.80. The van der Waals surface area contributed by atoms with Crippen LogP contribution in [-0.4, -0.2) is 74.7 Å². The van der Waals surface area contributed by atoms with Crippen molar-refractivity contribution >= 4 is 86.9 Å². The van der Waals surface area contributed by atoms with E-state index in [1.807, 2.05) is 63.5 Å². The highest BCUT2D eigenvalue weighted by molar-refractivity contribution is 7.94. The smallest absolute Gasteiger partial charge is 0.220 e. The van der Waals surface area contributed by atoms with Crippen LogP contribution in [0.25, 0.3) is 21.5 Å². The fraction of sp³-hybridized carbons (Fsp3) is 0.318. The summed E-state index contributed by atoms with van der Waals surface area (Å²) in [6.07, 6.45) is 16.6. The van der Waals surface area contributed by atoms with E-state index in [9.17, 15) is 49.0 Å². The van der Waals surface area contributed by atoms with Crippen molar-refractivity contribution < 1.29 is 62.9 Å². The average molecular weight is 951 g/mol. The molecule has 0 radical (unpaired) electrons. The van der Waals surface area contributed by atoms with Crippen LogP contribution in [0.1, 0.15) is 71.4 Å². The molecule has 1 N–H and O–H groups in total. The van der Waals surface area contributed by atoms with E-state index in [-0.39, 0.29) is 34.5 Å². The molecule has 2 heterocycles. The molecule has 6 rings (SSSR count). The highest BCUT2D eigenvalue weighted by Gasteiger charge is 2.46. The summed E-state index contributed by atoms with van der Waals surface area (Å²) in [7, 11) is -15.3. The molecule has 4 aromatic rings. The SMILES string of the molecule is C#CCNC(=O)CCCCC[N+]1=C(C=CC=CC=C2N(CC)c3ccc4c(SOO[O-])cc(S(=O)(=O)[O-])cc4c3C2(C)C)C(C)(C)c2c1ccc1c(S(=O)(=O)[O-])cc(S(=O)(=O)[O-])cc21. The zero-order valence-electron chi connectivity index (χ0n) is 35.4. The van der Waals surface area contributed by atoms with Gasteiger partial charge in [-0.25, -0.2) is 25.3 Å². The molecule has 4 aromatic carbocycles. The quantitative estimate of drug-likeness (QED) is 0.0202. The molecular formula is C44H44N3O13S4-3. The molecule has 1 amide bonds. The van der Waals surface area contributed by atoms with Gasteiger partial charge in [0, 0.05) is 64.2 Å². The van der Waals surface area contributed by atoms with Crippen molar-refractivity contribution in [3.8, 4) is 12.3 Å². The van der Waals surface area contributed by atoms with Crippen LogP contribution in [0, 0.1) is 12.3 Å². The van der Waals surface area contributed by atoms with Gasteiger partial charge in [0.25, 0.3) is 0 Å². The summed E-state index contributed by atoms with van der Waals surface area (Å²) in [5.41, 5.74) is 2.57. The standard InChI is InChI=1S/C44H47N3O13S4/c1-7-22-45-40(48)17-13-10-14-23-47-35-21-19-31-33(25-29(63(53,54)55)27-37(31)64(56,57)58)42(35)44(5,6)39(47)16-12-9-11-15-38-43(3,4)41-32-24-28(62(50,51)52)26-36(61-60-59-49)30(32)18-20-34(41)46(38)8-2/h1,9,11-12,15-16,18-21,24-27H,8,10,13-14,17,22-23H2,2-6H3,(H4-,45,48,49,50,51,52,53,54,55,56,57,58)/p-3. The second-order valence-corrected chi connectivity index (χ2v) is 21.0. The van der Waals surface area contributed by atoms with Crippen LogP contribution in [-0.2, 0) is 55.4 Å². The van der Waals surface area contributed by atoms with Crippen molar-refractivity contribution in [2.45, 2.75) is 90.7 Å². The lowest BCUT2D eigenvalue weighted by atomic mass is 9.79. The summed E-state index contributed by atoms with van der Waals surface area (Å²) in [6, 6.07) is 10.9. The second-order valence-electron chi connectivity index (χ2n) is 16.2. The largest absolute Gasteiger partial charge is 0.744 e. The van der Waals surface area contributed by atoms with Gasteiger partial charge in [0.1, 0.15) is 36.9 Å². The molecule has 0 bridgehead atoms. The third-order valence-corrected chi connectivity index (χ3v) is 14.7. The molecule has 2 aliphatic rings. The van der Waals surface area contributed by atoms with Gasteiger partial charge in [0.05, 0.1) is 38.7 Å². The van der Waals surface area contributed by atoms with Gasteiger partial charge in [-0.1, -0.05) is 44.1 Å². The molecule has 0 unspecified atom stereocenters. The minimum atomic E-state index is -5.22. The maximum Gasteiger partial charge on any atom is 0.220 e. The van der Waals surface area contributed by atoms with E-state index in [1.54, 1.807) is 24.3 Å². The van der Waals surface area contributed by atoms with Crippen LogP contribution in [0.3, 0.4) is 0 Å². The van der Waals surface area contributed by atoms with Crippen molar-refractivity contribution in [2.24, 2.45) is 0 Å². The van der Waals surface area contributed by atoms with E-state index < -0.39 is 55.9 Å². The highest BCUT2D eigenvalue weighted by atomic mass is 32.2. The summed E-state index contributed by atoms with van der Waals surface area (Å²) in [5.74, 6) is 2.20. The van der Waals surface area contributed by atoms with Gasteiger partial charge in [-0.3, -0.25) is 9.83 Å². The lowest BCUT2D eigenvalue weighted by molar-refractivity contribution is -0.777. The lowest BCUT2D eigenvalue weighted by Crippen LogP contribution is -2.28. The van der Waals surface area contributed by atoms with Gasteiger partial charge in [-0.2, -0.15) is 8.91 Å². The lowest BCUT2D eigenvalue weighted by Gasteiger charge is -2.26. The number of carbonyl (C=O) groups excluding carboxylic acids is 1. The van der Waals surface area contributed by atoms with E-state index in [2.05, 4.69) is 25.5 Å². The summed E-state index contributed by atoms with van der Waals surface area (Å²) in [4.78, 5) is 12.2. The van der Waals surface area contributed by atoms with E-state index in [0.717, 1.165) is 34.8 Å². The first-order valence-electron chi connectivity index (χ1n) is 19.9. The topological polar surface area (TPSA) is 248 Å². The van der Waals surface area contributed by atoms with Gasteiger partial charge in [0.2, 0.25) is 11.6 Å². The molecule has 0 aliphatic carbocycles. The number of nitrogens with one attached hydrogen (secondary N) is 1. The third-order valence-electron chi connectivity index (χ3n) is 11.5. The molecule has 0 saturated carbocycles. The Balaban J connectivity index is 1.40. The highest BCUT2D eigenvalue weighted by Crippen LogP contribution is 2.52. The minimum absolute atomic E-state index is 0.0250. The molecule has 0 saturated heterocycles. The third kappa shape index (κ3) is 9.55. The van der Waals surface area contributed by atoms with Crippen LogP contribution >= 0.6 is 12.0 Å². The van der Waals surface area contributed by atoms with Crippen LogP contribution in [0.5, 0.6) is 0 Å². The van der Waals surface area contributed by atoms with Crippen molar-refractivity contribution in [1.29, 1.82) is 0 Å². The molecule has 0 fully saturated rings. The fourth-order valence-corrected chi connectivity index (χ4v) is 11.3. The molecule has 0 atom stereocenters. The molecule has 20 heteroatoms. The molecule has 16 nitrogen and oxygen atoms in total. The number of hydrogen-bond acceptors (Lipinski definition) is 15. The first-order chi connectivity index (χ1) is 30.0. The zero-order valence-corrected chi connectivity index (χ0v) is 38.6. The number of rotatable bonds is 17. The number of terminal acetylenes is 1. The minimum Gasteiger partial charge on any atom is -0.744 e. The Kier molecular flexibility index (Phi) is 14.0. The normalized spacial score (nSPS) is 16.7. The zero-order chi connectivity index (χ0) is 47.0. The van der Waals surface area contributed by atoms with Crippen LogP contribution in [0.15, 0.2) is 104 Å².